The summed E-state index contributed by atoms with van der Waals surface area (Å²) in [6, 6.07) is 16.1. The summed E-state index contributed by atoms with van der Waals surface area (Å²) in [4.78, 5) is 11.6. The third kappa shape index (κ3) is 5.10. The first-order valence-corrected chi connectivity index (χ1v) is 7.04. The highest BCUT2D eigenvalue weighted by molar-refractivity contribution is 5.89. The van der Waals surface area contributed by atoms with E-state index in [0.29, 0.717) is 36.8 Å². The van der Waals surface area contributed by atoms with Crippen LogP contribution in [-0.4, -0.2) is 32.4 Å². The summed E-state index contributed by atoms with van der Waals surface area (Å²) in [5, 5.41) is 0. The number of nitrogens with two attached hydrogens (primary N) is 1. The topological polar surface area (TPSA) is 70.8 Å². The van der Waals surface area contributed by atoms with Crippen LogP contribution in [0.5, 0.6) is 5.75 Å². The van der Waals surface area contributed by atoms with Gasteiger partial charge in [0, 0.05) is 0 Å². The first kappa shape index (κ1) is 15.9. The van der Waals surface area contributed by atoms with Crippen molar-refractivity contribution in [1.82, 2.24) is 0 Å². The Morgan fingerprint density at radius 2 is 1.55 bits per heavy atom. The Hall–Kier alpha value is -2.53. The number of carbonyl (C=O) groups excluding carboxylic acids is 1. The summed E-state index contributed by atoms with van der Waals surface area (Å²) in [7, 11) is 0. The molecule has 22 heavy (non-hydrogen) atoms. The van der Waals surface area contributed by atoms with Crippen molar-refractivity contribution in [3.8, 4) is 5.75 Å². The number of carbonyl (C=O) groups is 1. The molecule has 0 atom stereocenters. The fourth-order valence-electron chi connectivity index (χ4n) is 1.78. The number of esters is 1. The molecule has 0 heterocycles. The summed E-state index contributed by atoms with van der Waals surface area (Å²) in [5.41, 5.74) is 6.88. The normalized spacial score (nSPS) is 10.2. The maximum absolute atomic E-state index is 11.6. The van der Waals surface area contributed by atoms with Crippen LogP contribution in [-0.2, 0) is 9.47 Å². The molecule has 0 unspecified atom stereocenters. The van der Waals surface area contributed by atoms with Gasteiger partial charge in [0.1, 0.15) is 19.0 Å². The molecule has 0 saturated heterocycles. The highest BCUT2D eigenvalue weighted by Gasteiger charge is 2.05. The van der Waals surface area contributed by atoms with Crippen LogP contribution in [0.3, 0.4) is 0 Å². The Morgan fingerprint density at radius 1 is 0.864 bits per heavy atom. The number of benzene rings is 2. The van der Waals surface area contributed by atoms with Gasteiger partial charge in [-0.15, -0.1) is 0 Å². The van der Waals surface area contributed by atoms with Crippen LogP contribution >= 0.6 is 0 Å². The molecule has 0 saturated carbocycles. The standard InChI is InChI=1S/C17H19NO4/c18-15-8-4-5-9-16(15)21-12-10-20-11-13-22-17(19)14-6-2-1-3-7-14/h1-9H,10-13,18H2. The molecule has 0 aliphatic heterocycles. The van der Waals surface area contributed by atoms with E-state index in [1.54, 1.807) is 36.4 Å². The van der Waals surface area contributed by atoms with Crippen LogP contribution in [0.25, 0.3) is 0 Å². The molecule has 0 aromatic heterocycles. The predicted molar refractivity (Wildman–Crippen MR) is 83.9 cm³/mol. The van der Waals surface area contributed by atoms with Gasteiger partial charge in [-0.2, -0.15) is 0 Å². The second-order valence-electron chi connectivity index (χ2n) is 4.50. The Labute approximate surface area is 129 Å². The van der Waals surface area contributed by atoms with Gasteiger partial charge < -0.3 is 19.9 Å². The molecule has 2 rings (SSSR count). The smallest absolute Gasteiger partial charge is 0.338 e. The highest BCUT2D eigenvalue weighted by Crippen LogP contribution is 2.19. The number of nitrogen functional groups attached to an aromatic ring is 1. The van der Waals surface area contributed by atoms with Crippen LogP contribution < -0.4 is 10.5 Å². The van der Waals surface area contributed by atoms with Crippen molar-refractivity contribution in [2.24, 2.45) is 0 Å². The lowest BCUT2D eigenvalue weighted by Gasteiger charge is -2.09. The van der Waals surface area contributed by atoms with E-state index >= 15 is 0 Å². The summed E-state index contributed by atoms with van der Waals surface area (Å²) in [6.07, 6.45) is 0. The van der Waals surface area contributed by atoms with E-state index < -0.39 is 0 Å². The van der Waals surface area contributed by atoms with Crippen molar-refractivity contribution < 1.29 is 19.0 Å². The molecule has 0 amide bonds. The Kier molecular flexibility index (Phi) is 6.26. The molecule has 0 aliphatic carbocycles. The van der Waals surface area contributed by atoms with E-state index in [1.807, 2.05) is 18.2 Å². The lowest BCUT2D eigenvalue weighted by Crippen LogP contribution is -2.14. The van der Waals surface area contributed by atoms with Crippen LogP contribution in [0.15, 0.2) is 54.6 Å². The molecule has 0 fully saturated rings. The zero-order valence-corrected chi connectivity index (χ0v) is 12.2. The lowest BCUT2D eigenvalue weighted by molar-refractivity contribution is 0.0273. The number of ether oxygens (including phenoxy) is 3. The van der Waals surface area contributed by atoms with E-state index in [9.17, 15) is 4.79 Å². The minimum absolute atomic E-state index is 0.210. The fourth-order valence-corrected chi connectivity index (χ4v) is 1.78. The van der Waals surface area contributed by atoms with Crippen molar-refractivity contribution in [2.75, 3.05) is 32.2 Å². The van der Waals surface area contributed by atoms with E-state index in [4.69, 9.17) is 19.9 Å². The van der Waals surface area contributed by atoms with E-state index in [2.05, 4.69) is 0 Å². The largest absolute Gasteiger partial charge is 0.489 e. The van der Waals surface area contributed by atoms with Crippen molar-refractivity contribution in [3.05, 3.63) is 60.2 Å². The summed E-state index contributed by atoms with van der Waals surface area (Å²) >= 11 is 0. The van der Waals surface area contributed by atoms with Crippen molar-refractivity contribution in [1.29, 1.82) is 0 Å². The monoisotopic (exact) mass is 301 g/mol. The third-order valence-electron chi connectivity index (χ3n) is 2.87. The number of hydrogen-bond donors (Lipinski definition) is 1. The van der Waals surface area contributed by atoms with Gasteiger partial charge in [0.2, 0.25) is 0 Å². The number of para-hydroxylation sites is 2. The summed E-state index contributed by atoms with van der Waals surface area (Å²) in [6.45, 7) is 1.32. The minimum atomic E-state index is -0.350. The predicted octanol–water partition coefficient (Wildman–Crippen LogP) is 2.52. The number of anilines is 1. The molecule has 2 aromatic rings. The first-order valence-electron chi connectivity index (χ1n) is 7.04. The van der Waals surface area contributed by atoms with E-state index in [1.165, 1.54) is 0 Å². The van der Waals surface area contributed by atoms with Gasteiger partial charge in [0.05, 0.1) is 24.5 Å². The molecular weight excluding hydrogens is 282 g/mol. The molecule has 5 heteroatoms. The van der Waals surface area contributed by atoms with Gasteiger partial charge in [0.15, 0.2) is 0 Å². The fraction of sp³-hybridized carbons (Fsp3) is 0.235. The van der Waals surface area contributed by atoms with Gasteiger partial charge in [-0.25, -0.2) is 4.79 Å². The second kappa shape index (κ2) is 8.69. The van der Waals surface area contributed by atoms with Gasteiger partial charge >= 0.3 is 5.97 Å². The average Bonchev–Trinajstić information content (AvgIpc) is 2.56. The lowest BCUT2D eigenvalue weighted by atomic mass is 10.2. The molecule has 5 nitrogen and oxygen atoms in total. The second-order valence-corrected chi connectivity index (χ2v) is 4.50. The summed E-state index contributed by atoms with van der Waals surface area (Å²) in [5.74, 6) is 0.291. The van der Waals surface area contributed by atoms with Crippen LogP contribution in [0.4, 0.5) is 5.69 Å². The van der Waals surface area contributed by atoms with Crippen LogP contribution in [0.2, 0.25) is 0 Å². The molecule has 0 aliphatic rings. The molecular formula is C17H19NO4. The molecule has 0 radical (unpaired) electrons. The van der Waals surface area contributed by atoms with Gasteiger partial charge in [-0.3, -0.25) is 0 Å². The molecule has 2 aromatic carbocycles. The van der Waals surface area contributed by atoms with E-state index in [0.717, 1.165) is 0 Å². The van der Waals surface area contributed by atoms with Crippen molar-refractivity contribution >= 4 is 11.7 Å². The maximum atomic E-state index is 11.6. The average molecular weight is 301 g/mol. The highest BCUT2D eigenvalue weighted by atomic mass is 16.6. The van der Waals surface area contributed by atoms with Gasteiger partial charge in [-0.05, 0) is 24.3 Å². The van der Waals surface area contributed by atoms with Gasteiger partial charge in [0.25, 0.3) is 0 Å². The molecule has 2 N–H and O–H groups in total. The Bertz CT molecular complexity index is 586. The summed E-state index contributed by atoms with van der Waals surface area (Å²) < 4.78 is 15.9. The first-order chi connectivity index (χ1) is 10.8. The molecule has 0 spiro atoms. The number of hydrogen-bond acceptors (Lipinski definition) is 5. The van der Waals surface area contributed by atoms with E-state index in [-0.39, 0.29) is 12.6 Å². The van der Waals surface area contributed by atoms with Crippen molar-refractivity contribution in [2.45, 2.75) is 0 Å². The van der Waals surface area contributed by atoms with Crippen LogP contribution in [0, 0.1) is 0 Å². The van der Waals surface area contributed by atoms with Gasteiger partial charge in [-0.1, -0.05) is 30.3 Å². The Morgan fingerprint density at radius 3 is 2.32 bits per heavy atom. The zero-order chi connectivity index (χ0) is 15.6. The zero-order valence-electron chi connectivity index (χ0n) is 12.2. The minimum Gasteiger partial charge on any atom is -0.489 e. The van der Waals surface area contributed by atoms with Crippen molar-refractivity contribution in [3.63, 3.8) is 0 Å². The van der Waals surface area contributed by atoms with Crippen LogP contribution in [0.1, 0.15) is 10.4 Å². The molecule has 0 bridgehead atoms. The molecule has 116 valence electrons. The quantitative estimate of drug-likeness (QED) is 0.461. The maximum Gasteiger partial charge on any atom is 0.338 e. The number of rotatable bonds is 8. The Balaban J connectivity index is 1.55. The SMILES string of the molecule is Nc1ccccc1OCCOCCOC(=O)c1ccccc1. The third-order valence-corrected chi connectivity index (χ3v) is 2.87.